The van der Waals surface area contributed by atoms with Crippen LogP contribution in [0.25, 0.3) is 11.3 Å². The standard InChI is InChI=1S/C30H37N5O7S/c1-7-31-23-16-35(29(38)42-30(4,5)6)17-24(23)41-25-15-22(26-18(2)10-8-11-19(26)3)32-28(33-25)34-43(39,40)21-13-9-12-20(14-21)27(36)37/h8-15,23-24,31H,7,16-17H2,1-6H3,(H,36,37)(H,32,33,34)/t23-,24-/m1/s1. The highest BCUT2D eigenvalue weighted by Gasteiger charge is 2.38. The number of benzene rings is 2. The number of anilines is 1. The lowest BCUT2D eigenvalue weighted by atomic mass is 10.00. The van der Waals surface area contributed by atoms with E-state index in [1.54, 1.807) is 31.7 Å². The lowest BCUT2D eigenvalue weighted by Crippen LogP contribution is -2.42. The molecule has 3 N–H and O–H groups in total. The molecule has 1 saturated heterocycles. The number of rotatable bonds is 9. The first-order valence-electron chi connectivity index (χ1n) is 13.9. The number of amides is 1. The van der Waals surface area contributed by atoms with Crippen LogP contribution >= 0.6 is 0 Å². The van der Waals surface area contributed by atoms with Gasteiger partial charge in [-0.05, 0) is 70.5 Å². The van der Waals surface area contributed by atoms with E-state index >= 15 is 0 Å². The average Bonchev–Trinajstić information content (AvgIpc) is 3.30. The van der Waals surface area contributed by atoms with Crippen molar-refractivity contribution in [1.29, 1.82) is 0 Å². The van der Waals surface area contributed by atoms with Crippen LogP contribution in [0, 0.1) is 13.8 Å². The van der Waals surface area contributed by atoms with Gasteiger partial charge in [0.15, 0.2) is 0 Å². The van der Waals surface area contributed by atoms with Gasteiger partial charge < -0.3 is 24.8 Å². The molecule has 0 saturated carbocycles. The summed E-state index contributed by atoms with van der Waals surface area (Å²) in [5.41, 5.74) is 2.20. The van der Waals surface area contributed by atoms with Gasteiger partial charge in [-0.2, -0.15) is 4.98 Å². The molecule has 2 atom stereocenters. The van der Waals surface area contributed by atoms with Crippen LogP contribution in [0.15, 0.2) is 53.4 Å². The Balaban J connectivity index is 1.71. The van der Waals surface area contributed by atoms with Crippen molar-refractivity contribution in [1.82, 2.24) is 20.2 Å². The van der Waals surface area contributed by atoms with Gasteiger partial charge in [-0.1, -0.05) is 31.2 Å². The van der Waals surface area contributed by atoms with Gasteiger partial charge in [-0.3, -0.25) is 0 Å². The van der Waals surface area contributed by atoms with Crippen molar-refractivity contribution in [2.75, 3.05) is 24.4 Å². The fourth-order valence-corrected chi connectivity index (χ4v) is 5.82. The number of nitrogens with one attached hydrogen (secondary N) is 2. The van der Waals surface area contributed by atoms with Gasteiger partial charge in [0, 0.05) is 18.2 Å². The predicted molar refractivity (Wildman–Crippen MR) is 161 cm³/mol. The Labute approximate surface area is 251 Å². The summed E-state index contributed by atoms with van der Waals surface area (Å²) in [7, 11) is -4.27. The smallest absolute Gasteiger partial charge is 0.410 e. The summed E-state index contributed by atoms with van der Waals surface area (Å²) in [4.78, 5) is 34.4. The minimum absolute atomic E-state index is 0.101. The third-order valence-electron chi connectivity index (χ3n) is 6.71. The molecule has 13 heteroatoms. The highest BCUT2D eigenvalue weighted by atomic mass is 32.2. The number of carbonyl (C=O) groups excluding carboxylic acids is 1. The van der Waals surface area contributed by atoms with Gasteiger partial charge in [0.25, 0.3) is 10.0 Å². The first kappa shape index (κ1) is 31.7. The number of likely N-dealkylation sites (tertiary alicyclic amines) is 1. The Bertz CT molecular complexity index is 1600. The molecular weight excluding hydrogens is 574 g/mol. The molecule has 0 bridgehead atoms. The molecule has 43 heavy (non-hydrogen) atoms. The van der Waals surface area contributed by atoms with Crippen molar-refractivity contribution in [2.45, 2.75) is 64.2 Å². The predicted octanol–water partition coefficient (Wildman–Crippen LogP) is 4.24. The molecular formula is C30H37N5O7S. The van der Waals surface area contributed by atoms with Crippen molar-refractivity contribution in [3.63, 3.8) is 0 Å². The largest absolute Gasteiger partial charge is 0.478 e. The molecule has 3 aromatic rings. The summed E-state index contributed by atoms with van der Waals surface area (Å²) in [6.45, 7) is 12.4. The summed E-state index contributed by atoms with van der Waals surface area (Å²) in [6.07, 6.45) is -0.984. The van der Waals surface area contributed by atoms with Crippen LogP contribution < -0.4 is 14.8 Å². The van der Waals surface area contributed by atoms with Crippen molar-refractivity contribution in [2.24, 2.45) is 0 Å². The van der Waals surface area contributed by atoms with E-state index in [0.717, 1.165) is 22.8 Å². The second-order valence-electron chi connectivity index (χ2n) is 11.3. The Hall–Kier alpha value is -4.23. The zero-order valence-corrected chi connectivity index (χ0v) is 25.9. The second kappa shape index (κ2) is 12.6. The Morgan fingerprint density at radius 3 is 2.35 bits per heavy atom. The van der Waals surface area contributed by atoms with Gasteiger partial charge in [0.1, 0.15) is 11.7 Å². The summed E-state index contributed by atoms with van der Waals surface area (Å²) in [6, 6.07) is 12.1. The SMILES string of the molecule is CCN[C@@H]1CN(C(=O)OC(C)(C)C)C[C@H]1Oc1cc(-c2c(C)cccc2C)nc(NS(=O)(=O)c2cccc(C(=O)O)c2)n1. The third kappa shape index (κ3) is 7.79. The fraction of sp³-hybridized carbons (Fsp3) is 0.400. The maximum Gasteiger partial charge on any atom is 0.410 e. The van der Waals surface area contributed by atoms with E-state index in [4.69, 9.17) is 9.47 Å². The zero-order valence-electron chi connectivity index (χ0n) is 25.0. The maximum absolute atomic E-state index is 13.3. The van der Waals surface area contributed by atoms with E-state index in [0.29, 0.717) is 18.8 Å². The molecule has 0 unspecified atom stereocenters. The van der Waals surface area contributed by atoms with Crippen LogP contribution in [0.1, 0.15) is 49.2 Å². The van der Waals surface area contributed by atoms with Crippen LogP contribution in [0.5, 0.6) is 5.88 Å². The van der Waals surface area contributed by atoms with Gasteiger partial charge in [-0.15, -0.1) is 0 Å². The molecule has 0 aliphatic carbocycles. The van der Waals surface area contributed by atoms with E-state index in [9.17, 15) is 23.1 Å². The summed E-state index contributed by atoms with van der Waals surface area (Å²) in [5.74, 6) is -1.41. The minimum atomic E-state index is -4.27. The summed E-state index contributed by atoms with van der Waals surface area (Å²) < 4.78 is 40.8. The van der Waals surface area contributed by atoms with E-state index in [1.807, 2.05) is 39.0 Å². The number of aromatic carboxylic acids is 1. The number of hydrogen-bond donors (Lipinski definition) is 3. The minimum Gasteiger partial charge on any atom is -0.478 e. The van der Waals surface area contributed by atoms with Crippen LogP contribution in [0.3, 0.4) is 0 Å². The maximum atomic E-state index is 13.3. The van der Waals surface area contributed by atoms with Gasteiger partial charge in [0.05, 0.1) is 28.7 Å². The topological polar surface area (TPSA) is 160 Å². The van der Waals surface area contributed by atoms with Crippen molar-refractivity contribution in [3.05, 3.63) is 65.2 Å². The Morgan fingerprint density at radius 2 is 1.72 bits per heavy atom. The lowest BCUT2D eigenvalue weighted by Gasteiger charge is -2.24. The number of nitrogens with zero attached hydrogens (tertiary/aromatic N) is 3. The molecule has 1 fully saturated rings. The molecule has 12 nitrogen and oxygen atoms in total. The molecule has 1 amide bonds. The quantitative estimate of drug-likeness (QED) is 0.319. The monoisotopic (exact) mass is 611 g/mol. The zero-order chi connectivity index (χ0) is 31.5. The molecule has 230 valence electrons. The Kier molecular flexibility index (Phi) is 9.26. The van der Waals surface area contributed by atoms with Gasteiger partial charge in [-0.25, -0.2) is 27.7 Å². The molecule has 1 aliphatic heterocycles. The van der Waals surface area contributed by atoms with Crippen molar-refractivity contribution < 1.29 is 32.6 Å². The molecule has 0 spiro atoms. The number of carbonyl (C=O) groups is 2. The number of ether oxygens (including phenoxy) is 2. The van der Waals surface area contributed by atoms with Crippen LogP contribution in [0.2, 0.25) is 0 Å². The molecule has 1 aliphatic rings. The second-order valence-corrected chi connectivity index (χ2v) is 13.0. The molecule has 4 rings (SSSR count). The summed E-state index contributed by atoms with van der Waals surface area (Å²) >= 11 is 0. The van der Waals surface area contributed by atoms with Crippen molar-refractivity contribution in [3.8, 4) is 17.1 Å². The Morgan fingerprint density at radius 1 is 1.05 bits per heavy atom. The number of sulfonamides is 1. The third-order valence-corrected chi connectivity index (χ3v) is 8.04. The van der Waals surface area contributed by atoms with E-state index in [1.165, 1.54) is 18.2 Å². The molecule has 2 aromatic carbocycles. The highest BCUT2D eigenvalue weighted by Crippen LogP contribution is 2.30. The van der Waals surface area contributed by atoms with E-state index in [-0.39, 0.29) is 34.9 Å². The van der Waals surface area contributed by atoms with Gasteiger partial charge >= 0.3 is 12.1 Å². The fourth-order valence-electron chi connectivity index (χ4n) is 4.84. The van der Waals surface area contributed by atoms with Crippen LogP contribution in [-0.2, 0) is 14.8 Å². The van der Waals surface area contributed by atoms with Gasteiger partial charge in [0.2, 0.25) is 11.8 Å². The van der Waals surface area contributed by atoms with Crippen LogP contribution in [-0.4, -0.2) is 77.8 Å². The summed E-state index contributed by atoms with van der Waals surface area (Å²) in [5, 5.41) is 12.7. The number of aryl methyl sites for hydroxylation is 2. The first-order valence-corrected chi connectivity index (χ1v) is 15.3. The van der Waals surface area contributed by atoms with Crippen LogP contribution in [0.4, 0.5) is 10.7 Å². The number of carboxylic acid groups (broad SMARTS) is 1. The molecule has 2 heterocycles. The van der Waals surface area contributed by atoms with E-state index in [2.05, 4.69) is 20.0 Å². The van der Waals surface area contributed by atoms with E-state index < -0.39 is 33.8 Å². The van der Waals surface area contributed by atoms with Crippen molar-refractivity contribution >= 4 is 28.0 Å². The molecule has 0 radical (unpaired) electrons. The number of hydrogen-bond acceptors (Lipinski definition) is 9. The number of carboxylic acids is 1. The first-order chi connectivity index (χ1) is 20.2. The lowest BCUT2D eigenvalue weighted by molar-refractivity contribution is 0.0274. The number of likely N-dealkylation sites (N-methyl/N-ethyl adjacent to an activating group) is 1. The number of aromatic nitrogens is 2. The molecule has 1 aromatic heterocycles. The highest BCUT2D eigenvalue weighted by molar-refractivity contribution is 7.92. The normalized spacial score (nSPS) is 17.0. The average molecular weight is 612 g/mol.